The molecule has 294 valence electrons. The number of ether oxygens (including phenoxy) is 3. The lowest BCUT2D eigenvalue weighted by Gasteiger charge is -2.33. The summed E-state index contributed by atoms with van der Waals surface area (Å²) in [6, 6.07) is 9.57. The van der Waals surface area contributed by atoms with Gasteiger partial charge < -0.3 is 28.6 Å². The molecule has 11 nitrogen and oxygen atoms in total. The molecule has 7 atom stereocenters. The molecule has 0 spiro atoms. The lowest BCUT2D eigenvalue weighted by atomic mass is 9.86. The van der Waals surface area contributed by atoms with Crippen LogP contribution in [0.15, 0.2) is 45.7 Å². The van der Waals surface area contributed by atoms with Crippen LogP contribution < -0.4 is 0 Å². The number of sulfonamides is 1. The Balaban J connectivity index is 1.06. The number of benzene rings is 2. The Morgan fingerprint density at radius 1 is 1.07 bits per heavy atom. The molecule has 3 aromatic rings. The highest BCUT2D eigenvalue weighted by Crippen LogP contribution is 2.50. The number of halogens is 1. The summed E-state index contributed by atoms with van der Waals surface area (Å²) in [6.07, 6.45) is 7.36. The summed E-state index contributed by atoms with van der Waals surface area (Å²) in [5, 5.41) is 12.0. The van der Waals surface area contributed by atoms with E-state index in [4.69, 9.17) is 23.6 Å². The van der Waals surface area contributed by atoms with Crippen molar-refractivity contribution in [3.8, 4) is 0 Å². The van der Waals surface area contributed by atoms with Gasteiger partial charge in [-0.2, -0.15) is 4.31 Å². The Morgan fingerprint density at radius 2 is 1.89 bits per heavy atom. The fourth-order valence-corrected chi connectivity index (χ4v) is 11.0. The van der Waals surface area contributed by atoms with Crippen molar-refractivity contribution in [2.45, 2.75) is 107 Å². The first-order chi connectivity index (χ1) is 26.1. The maximum absolute atomic E-state index is 14.9. The Hall–Kier alpha value is -2.94. The van der Waals surface area contributed by atoms with Gasteiger partial charge in [-0.3, -0.25) is 4.79 Å². The van der Waals surface area contributed by atoms with E-state index in [-0.39, 0.29) is 61.0 Å². The van der Waals surface area contributed by atoms with E-state index < -0.39 is 33.8 Å². The van der Waals surface area contributed by atoms with Crippen molar-refractivity contribution < 1.29 is 41.3 Å². The zero-order valence-corrected chi connectivity index (χ0v) is 32.1. The number of hydrogen-bond acceptors (Lipinski definition) is 10. The van der Waals surface area contributed by atoms with Crippen LogP contribution >= 0.6 is 0 Å². The number of hydrogen-bond donors (Lipinski definition) is 1. The number of aliphatic hydroxyl groups excluding tert-OH is 1. The molecule has 3 aliphatic heterocycles. The third kappa shape index (κ3) is 8.56. The van der Waals surface area contributed by atoms with E-state index in [1.54, 1.807) is 18.2 Å². The van der Waals surface area contributed by atoms with Crippen LogP contribution in [0.1, 0.15) is 81.2 Å². The number of carbonyl (C=O) groups excluding carboxylic acids is 1. The molecule has 0 unspecified atom stereocenters. The molecule has 54 heavy (non-hydrogen) atoms. The first kappa shape index (κ1) is 38.0. The highest BCUT2D eigenvalue weighted by molar-refractivity contribution is 7.89. The van der Waals surface area contributed by atoms with Gasteiger partial charge in [0.1, 0.15) is 17.4 Å². The molecule has 2 aromatic carbocycles. The standard InChI is InChI=1S/C41H54FN3O8S/c1-44-13-5-3-2-4-6-14-45(54(48,49)37-22-36-33(19-29(37)23-44)43-38(52-36)18-26-10-11-26)24-34(46)28(16-27-8-7-9-31(42)17-27)21-39(47)53-35-20-30-25-51-41-40(30)32(35)12-15-50-41/h7-9,17,19,22,26,28,30,32,34-35,40-41,46H,2-6,10-16,18,20-21,23-25H2,1H3/t28-,30+,32+,34-,35+,40-,41-/m1/s1. The fraction of sp³-hybridized carbons (Fsp3) is 0.659. The van der Waals surface area contributed by atoms with E-state index in [2.05, 4.69) is 4.90 Å². The summed E-state index contributed by atoms with van der Waals surface area (Å²) in [7, 11) is -2.15. The van der Waals surface area contributed by atoms with Crippen molar-refractivity contribution in [2.24, 2.45) is 29.6 Å². The van der Waals surface area contributed by atoms with E-state index in [9.17, 15) is 22.7 Å². The molecule has 1 N–H and O–H groups in total. The second-order valence-electron chi connectivity index (χ2n) is 16.5. The van der Waals surface area contributed by atoms with E-state index >= 15 is 0 Å². The molecule has 4 fully saturated rings. The van der Waals surface area contributed by atoms with Crippen LogP contribution in [0.2, 0.25) is 0 Å². The predicted molar refractivity (Wildman–Crippen MR) is 198 cm³/mol. The van der Waals surface area contributed by atoms with Gasteiger partial charge in [0.15, 0.2) is 17.8 Å². The van der Waals surface area contributed by atoms with E-state index in [1.165, 1.54) is 16.4 Å². The summed E-state index contributed by atoms with van der Waals surface area (Å²) in [5.74, 6) is 0.246. The highest BCUT2D eigenvalue weighted by Gasteiger charge is 2.55. The quantitative estimate of drug-likeness (QED) is 0.251. The van der Waals surface area contributed by atoms with Crippen molar-refractivity contribution in [1.29, 1.82) is 0 Å². The molecule has 2 saturated heterocycles. The minimum Gasteiger partial charge on any atom is -0.462 e. The van der Waals surface area contributed by atoms with Gasteiger partial charge in [0.25, 0.3) is 0 Å². The fourth-order valence-electron chi connectivity index (χ4n) is 9.34. The maximum Gasteiger partial charge on any atom is 0.306 e. The van der Waals surface area contributed by atoms with Crippen LogP contribution in [0.4, 0.5) is 4.39 Å². The van der Waals surface area contributed by atoms with Crippen LogP contribution in [0.5, 0.6) is 0 Å². The number of nitrogens with zero attached hydrogens (tertiary/aromatic N) is 3. The Kier molecular flexibility index (Phi) is 11.4. The topological polar surface area (TPSA) is 132 Å². The van der Waals surface area contributed by atoms with Crippen molar-refractivity contribution >= 4 is 27.1 Å². The number of oxazole rings is 1. The smallest absolute Gasteiger partial charge is 0.306 e. The van der Waals surface area contributed by atoms with Gasteiger partial charge in [-0.15, -0.1) is 0 Å². The first-order valence-electron chi connectivity index (χ1n) is 20.1. The Bertz CT molecular complexity index is 1900. The summed E-state index contributed by atoms with van der Waals surface area (Å²) >= 11 is 0. The van der Waals surface area contributed by atoms with Crippen molar-refractivity contribution in [3.63, 3.8) is 0 Å². The maximum atomic E-state index is 14.9. The number of aliphatic hydroxyl groups is 1. The van der Waals surface area contributed by atoms with E-state index in [0.717, 1.165) is 57.9 Å². The predicted octanol–water partition coefficient (Wildman–Crippen LogP) is 5.86. The SMILES string of the molecule is CN1CCCCCCCN(C[C@@H](O)[C@@H](CC(=O)O[C@H]2C[C@H]3CO[C@H]4OCC[C@@H]2[C@@H]34)Cc2cccc(F)c2)S(=O)(=O)c2cc3oc(CC4CC4)nc3cc2C1. The van der Waals surface area contributed by atoms with Crippen LogP contribution in [0, 0.1) is 35.4 Å². The normalized spacial score (nSPS) is 29.1. The Morgan fingerprint density at radius 3 is 2.70 bits per heavy atom. The molecular weight excluding hydrogens is 714 g/mol. The lowest BCUT2D eigenvalue weighted by Crippen LogP contribution is -2.42. The van der Waals surface area contributed by atoms with Gasteiger partial charge >= 0.3 is 5.97 Å². The number of β-amino-alcohol motifs (C(OH)–C–C–N with tert-alkyl or cyclic N) is 1. The van der Waals surface area contributed by atoms with Gasteiger partial charge in [-0.25, -0.2) is 17.8 Å². The summed E-state index contributed by atoms with van der Waals surface area (Å²) in [4.78, 5) is 20.8. The third-order valence-electron chi connectivity index (χ3n) is 12.4. The van der Waals surface area contributed by atoms with Crippen molar-refractivity contribution in [2.75, 3.05) is 39.9 Å². The highest BCUT2D eigenvalue weighted by atomic mass is 32.2. The average Bonchev–Trinajstić information content (AvgIpc) is 3.55. The summed E-state index contributed by atoms with van der Waals surface area (Å²) < 4.78 is 69.4. The second kappa shape index (κ2) is 16.3. The summed E-state index contributed by atoms with van der Waals surface area (Å²) in [6.45, 7) is 2.40. The number of aromatic nitrogens is 1. The van der Waals surface area contributed by atoms with Gasteiger partial charge in [-0.05, 0) is 99.7 Å². The van der Waals surface area contributed by atoms with Crippen molar-refractivity contribution in [3.05, 3.63) is 59.2 Å². The zero-order chi connectivity index (χ0) is 37.4. The van der Waals surface area contributed by atoms with Gasteiger partial charge in [0.2, 0.25) is 10.0 Å². The van der Waals surface area contributed by atoms with E-state index in [0.29, 0.717) is 66.6 Å². The molecule has 4 heterocycles. The van der Waals surface area contributed by atoms with Crippen LogP contribution in [-0.4, -0.2) is 92.1 Å². The molecule has 13 heteroatoms. The van der Waals surface area contributed by atoms with Crippen LogP contribution in [0.25, 0.3) is 11.1 Å². The molecule has 2 aliphatic carbocycles. The lowest BCUT2D eigenvalue weighted by molar-refractivity contribution is -0.182. The molecule has 0 bridgehead atoms. The minimum atomic E-state index is -4.15. The molecule has 8 rings (SSSR count). The minimum absolute atomic E-state index is 0.135. The van der Waals surface area contributed by atoms with Gasteiger partial charge in [-0.1, -0.05) is 31.4 Å². The van der Waals surface area contributed by atoms with E-state index in [1.807, 2.05) is 13.1 Å². The molecule has 0 radical (unpaired) electrons. The number of rotatable bonds is 10. The van der Waals surface area contributed by atoms with Gasteiger partial charge in [0, 0.05) is 49.9 Å². The zero-order valence-electron chi connectivity index (χ0n) is 31.2. The van der Waals surface area contributed by atoms with Crippen molar-refractivity contribution in [1.82, 2.24) is 14.2 Å². The van der Waals surface area contributed by atoms with Crippen LogP contribution in [-0.2, 0) is 48.4 Å². The monoisotopic (exact) mass is 767 g/mol. The number of esters is 1. The third-order valence-corrected chi connectivity index (χ3v) is 14.3. The largest absolute Gasteiger partial charge is 0.462 e. The number of carbonyl (C=O) groups is 1. The molecular formula is C41H54FN3O8S. The average molecular weight is 768 g/mol. The van der Waals surface area contributed by atoms with Crippen LogP contribution in [0.3, 0.4) is 0 Å². The Labute approximate surface area is 317 Å². The summed E-state index contributed by atoms with van der Waals surface area (Å²) in [5.41, 5.74) is 2.33. The molecule has 0 amide bonds. The molecule has 5 aliphatic rings. The second-order valence-corrected chi connectivity index (χ2v) is 18.4. The number of fused-ring (bicyclic) bond motifs is 2. The van der Waals surface area contributed by atoms with Gasteiger partial charge in [0.05, 0.1) is 30.6 Å². The molecule has 1 aromatic heterocycles. The first-order valence-corrected chi connectivity index (χ1v) is 21.5. The molecule has 2 saturated carbocycles.